The predicted molar refractivity (Wildman–Crippen MR) is 42.6 cm³/mol. The first kappa shape index (κ1) is 9.48. The van der Waals surface area contributed by atoms with E-state index in [0.29, 0.717) is 6.54 Å². The number of aliphatic hydroxyl groups is 1. The lowest BCUT2D eigenvalue weighted by atomic mass is 10.2. The smallest absolute Gasteiger partial charge is 0.0662 e. The zero-order chi connectivity index (χ0) is 7.98. The Morgan fingerprint density at radius 3 is 2.70 bits per heavy atom. The molecular weight excluding hydrogens is 126 g/mol. The van der Waals surface area contributed by atoms with Gasteiger partial charge in [0.1, 0.15) is 0 Å². The molecule has 0 fully saturated rings. The van der Waals surface area contributed by atoms with Gasteiger partial charge in [-0.15, -0.1) is 6.42 Å². The van der Waals surface area contributed by atoms with Crippen molar-refractivity contribution in [1.82, 2.24) is 5.32 Å². The molecule has 2 atom stereocenters. The van der Waals surface area contributed by atoms with Crippen LogP contribution in [0.15, 0.2) is 0 Å². The average molecular weight is 141 g/mol. The van der Waals surface area contributed by atoms with E-state index >= 15 is 0 Å². The summed E-state index contributed by atoms with van der Waals surface area (Å²) < 4.78 is 0. The molecule has 0 saturated carbocycles. The minimum absolute atomic E-state index is 0.0567. The summed E-state index contributed by atoms with van der Waals surface area (Å²) in [5, 5.41) is 12.1. The molecule has 0 heterocycles. The Morgan fingerprint density at radius 2 is 2.30 bits per heavy atom. The first-order valence-electron chi connectivity index (χ1n) is 3.58. The maximum atomic E-state index is 9.07. The van der Waals surface area contributed by atoms with Gasteiger partial charge in [-0.25, -0.2) is 0 Å². The van der Waals surface area contributed by atoms with Gasteiger partial charge in [-0.05, 0) is 13.3 Å². The summed E-state index contributed by atoms with van der Waals surface area (Å²) in [6, 6.07) is 0.0567. The zero-order valence-electron chi connectivity index (χ0n) is 6.59. The van der Waals surface area contributed by atoms with Crippen LogP contribution in [-0.4, -0.2) is 23.8 Å². The fourth-order valence-electron chi connectivity index (χ4n) is 0.516. The highest BCUT2D eigenvalue weighted by atomic mass is 16.3. The standard InChI is InChI=1S/C8H15NO/c1-4-7(3)9-6-8(10)5-2/h1,7-10H,5-6H2,2-3H3/t7?,8-/m0/s1. The first-order chi connectivity index (χ1) is 4.70. The molecule has 0 aliphatic carbocycles. The van der Waals surface area contributed by atoms with Crippen LogP contribution in [0.5, 0.6) is 0 Å². The molecule has 0 rings (SSSR count). The molecule has 1 unspecified atom stereocenters. The molecule has 0 aromatic heterocycles. The van der Waals surface area contributed by atoms with Gasteiger partial charge < -0.3 is 10.4 Å². The topological polar surface area (TPSA) is 32.3 Å². The Kier molecular flexibility index (Phi) is 5.00. The Morgan fingerprint density at radius 1 is 1.70 bits per heavy atom. The molecule has 0 aromatic carbocycles. The van der Waals surface area contributed by atoms with Crippen molar-refractivity contribution in [2.24, 2.45) is 0 Å². The average Bonchev–Trinajstić information content (AvgIpc) is 1.99. The zero-order valence-corrected chi connectivity index (χ0v) is 6.59. The molecule has 0 radical (unpaired) electrons. The monoisotopic (exact) mass is 141 g/mol. The highest BCUT2D eigenvalue weighted by Crippen LogP contribution is 1.87. The predicted octanol–water partition coefficient (Wildman–Crippen LogP) is 0.369. The van der Waals surface area contributed by atoms with Gasteiger partial charge in [0, 0.05) is 6.54 Å². The van der Waals surface area contributed by atoms with E-state index in [0.717, 1.165) is 6.42 Å². The van der Waals surface area contributed by atoms with Gasteiger partial charge in [-0.3, -0.25) is 0 Å². The lowest BCUT2D eigenvalue weighted by Crippen LogP contribution is -2.32. The fraction of sp³-hybridized carbons (Fsp3) is 0.750. The van der Waals surface area contributed by atoms with E-state index in [1.807, 2.05) is 13.8 Å². The second kappa shape index (κ2) is 5.28. The van der Waals surface area contributed by atoms with Crippen molar-refractivity contribution in [3.8, 4) is 12.3 Å². The second-order valence-electron chi connectivity index (χ2n) is 2.36. The summed E-state index contributed by atoms with van der Waals surface area (Å²) in [4.78, 5) is 0. The molecule has 0 spiro atoms. The highest BCUT2D eigenvalue weighted by molar-refractivity contribution is 4.95. The molecule has 10 heavy (non-hydrogen) atoms. The number of hydrogen-bond donors (Lipinski definition) is 2. The van der Waals surface area contributed by atoms with E-state index < -0.39 is 0 Å². The molecule has 0 bridgehead atoms. The van der Waals surface area contributed by atoms with Gasteiger partial charge in [0.25, 0.3) is 0 Å². The van der Waals surface area contributed by atoms with Gasteiger partial charge in [-0.2, -0.15) is 0 Å². The van der Waals surface area contributed by atoms with Crippen LogP contribution in [0.3, 0.4) is 0 Å². The number of aliphatic hydroxyl groups excluding tert-OH is 1. The van der Waals surface area contributed by atoms with Crippen LogP contribution in [0.4, 0.5) is 0 Å². The third kappa shape index (κ3) is 4.37. The normalized spacial score (nSPS) is 15.8. The van der Waals surface area contributed by atoms with E-state index in [1.165, 1.54) is 0 Å². The Hall–Kier alpha value is -0.520. The summed E-state index contributed by atoms with van der Waals surface area (Å²) in [5.41, 5.74) is 0. The van der Waals surface area contributed by atoms with Crippen LogP contribution in [0.25, 0.3) is 0 Å². The number of rotatable bonds is 4. The van der Waals surface area contributed by atoms with E-state index in [4.69, 9.17) is 11.5 Å². The van der Waals surface area contributed by atoms with Crippen molar-refractivity contribution in [2.75, 3.05) is 6.54 Å². The Labute approximate surface area is 62.6 Å². The lowest BCUT2D eigenvalue weighted by molar-refractivity contribution is 0.166. The molecule has 0 aliphatic rings. The Balaban J connectivity index is 3.28. The van der Waals surface area contributed by atoms with Gasteiger partial charge >= 0.3 is 0 Å². The third-order valence-electron chi connectivity index (χ3n) is 1.38. The van der Waals surface area contributed by atoms with Crippen molar-refractivity contribution in [1.29, 1.82) is 0 Å². The fourth-order valence-corrected chi connectivity index (χ4v) is 0.516. The molecule has 2 nitrogen and oxygen atoms in total. The van der Waals surface area contributed by atoms with Crippen LogP contribution in [0.2, 0.25) is 0 Å². The van der Waals surface area contributed by atoms with Gasteiger partial charge in [0.2, 0.25) is 0 Å². The molecule has 0 saturated heterocycles. The molecule has 58 valence electrons. The number of hydrogen-bond acceptors (Lipinski definition) is 2. The first-order valence-corrected chi connectivity index (χ1v) is 3.58. The van der Waals surface area contributed by atoms with Crippen molar-refractivity contribution < 1.29 is 5.11 Å². The quantitative estimate of drug-likeness (QED) is 0.554. The third-order valence-corrected chi connectivity index (χ3v) is 1.38. The number of terminal acetylenes is 1. The largest absolute Gasteiger partial charge is 0.392 e. The summed E-state index contributed by atoms with van der Waals surface area (Å²) in [6.07, 6.45) is 5.61. The SMILES string of the molecule is C#CC(C)NC[C@@H](O)CC. The molecule has 0 aliphatic heterocycles. The van der Waals surface area contributed by atoms with Gasteiger partial charge in [0.05, 0.1) is 12.1 Å². The summed E-state index contributed by atoms with van der Waals surface area (Å²) >= 11 is 0. The summed E-state index contributed by atoms with van der Waals surface area (Å²) in [6.45, 7) is 4.41. The second-order valence-corrected chi connectivity index (χ2v) is 2.36. The van der Waals surface area contributed by atoms with E-state index in [2.05, 4.69) is 11.2 Å². The van der Waals surface area contributed by atoms with Crippen LogP contribution in [-0.2, 0) is 0 Å². The molecular formula is C8H15NO. The lowest BCUT2D eigenvalue weighted by Gasteiger charge is -2.10. The summed E-state index contributed by atoms with van der Waals surface area (Å²) in [7, 11) is 0. The number of nitrogens with one attached hydrogen (secondary N) is 1. The van der Waals surface area contributed by atoms with E-state index in [9.17, 15) is 0 Å². The maximum Gasteiger partial charge on any atom is 0.0662 e. The van der Waals surface area contributed by atoms with Crippen molar-refractivity contribution in [3.63, 3.8) is 0 Å². The highest BCUT2D eigenvalue weighted by Gasteiger charge is 2.00. The minimum Gasteiger partial charge on any atom is -0.392 e. The van der Waals surface area contributed by atoms with Crippen LogP contribution >= 0.6 is 0 Å². The molecule has 2 heteroatoms. The van der Waals surface area contributed by atoms with Crippen LogP contribution < -0.4 is 5.32 Å². The van der Waals surface area contributed by atoms with Gasteiger partial charge in [-0.1, -0.05) is 12.8 Å². The maximum absolute atomic E-state index is 9.07. The van der Waals surface area contributed by atoms with Crippen molar-refractivity contribution >= 4 is 0 Å². The minimum atomic E-state index is -0.268. The Bertz CT molecular complexity index is 117. The van der Waals surface area contributed by atoms with Crippen molar-refractivity contribution in [3.05, 3.63) is 0 Å². The van der Waals surface area contributed by atoms with Crippen molar-refractivity contribution in [2.45, 2.75) is 32.4 Å². The summed E-state index contributed by atoms with van der Waals surface area (Å²) in [5.74, 6) is 2.52. The van der Waals surface area contributed by atoms with Crippen LogP contribution in [0, 0.1) is 12.3 Å². The van der Waals surface area contributed by atoms with Gasteiger partial charge in [0.15, 0.2) is 0 Å². The van der Waals surface area contributed by atoms with E-state index in [-0.39, 0.29) is 12.1 Å². The van der Waals surface area contributed by atoms with E-state index in [1.54, 1.807) is 0 Å². The molecule has 0 amide bonds. The molecule has 2 N–H and O–H groups in total. The van der Waals surface area contributed by atoms with Crippen LogP contribution in [0.1, 0.15) is 20.3 Å². The molecule has 0 aromatic rings.